The highest BCUT2D eigenvalue weighted by Crippen LogP contribution is 2.34. The summed E-state index contributed by atoms with van der Waals surface area (Å²) in [6.45, 7) is 0. The first kappa shape index (κ1) is 14.1. The Morgan fingerprint density at radius 3 is 2.47 bits per heavy atom. The van der Waals surface area contributed by atoms with Gasteiger partial charge in [-0.15, -0.1) is 0 Å². The average Bonchev–Trinajstić information content (AvgIpc) is 2.42. The summed E-state index contributed by atoms with van der Waals surface area (Å²) < 4.78 is 4.62. The number of pyridine rings is 1. The van der Waals surface area contributed by atoms with E-state index >= 15 is 0 Å². The lowest BCUT2D eigenvalue weighted by molar-refractivity contribution is 0.0594. The largest absolute Gasteiger partial charge is 0.464 e. The van der Waals surface area contributed by atoms with Gasteiger partial charge in [0, 0.05) is 5.56 Å². The quantitative estimate of drug-likeness (QED) is 0.605. The third-order valence-electron chi connectivity index (χ3n) is 2.43. The summed E-state index contributed by atoms with van der Waals surface area (Å²) in [7, 11) is 1.29. The van der Waals surface area contributed by atoms with Crippen LogP contribution in [-0.2, 0) is 4.74 Å². The fraction of sp³-hybridized carbons (Fsp3) is 0.0769. The standard InChI is InChI=1S/C13H8Cl3NO2/c1-19-13(18)12-4-2-3-11(17-12)7-5-9(15)10(16)6-8(7)14/h2-6H,1H3. The zero-order chi connectivity index (χ0) is 14.0. The van der Waals surface area contributed by atoms with Crippen molar-refractivity contribution in [2.24, 2.45) is 0 Å². The minimum absolute atomic E-state index is 0.196. The van der Waals surface area contributed by atoms with E-state index in [0.29, 0.717) is 26.3 Å². The first-order valence-electron chi connectivity index (χ1n) is 5.23. The van der Waals surface area contributed by atoms with E-state index in [9.17, 15) is 4.79 Å². The molecule has 2 rings (SSSR count). The molecule has 0 spiro atoms. The Morgan fingerprint density at radius 1 is 1.11 bits per heavy atom. The Morgan fingerprint density at radius 2 is 1.79 bits per heavy atom. The molecule has 0 aliphatic carbocycles. The molecule has 19 heavy (non-hydrogen) atoms. The Kier molecular flexibility index (Phi) is 4.30. The average molecular weight is 317 g/mol. The number of hydrogen-bond acceptors (Lipinski definition) is 3. The van der Waals surface area contributed by atoms with Crippen molar-refractivity contribution in [3.05, 3.63) is 51.1 Å². The molecular weight excluding hydrogens is 309 g/mol. The predicted molar refractivity (Wildman–Crippen MR) is 76.0 cm³/mol. The third kappa shape index (κ3) is 3.00. The van der Waals surface area contributed by atoms with Crippen molar-refractivity contribution in [2.45, 2.75) is 0 Å². The molecule has 0 fully saturated rings. The molecule has 3 nitrogen and oxygen atoms in total. The smallest absolute Gasteiger partial charge is 0.356 e. The van der Waals surface area contributed by atoms with Crippen LogP contribution in [0.5, 0.6) is 0 Å². The molecule has 0 unspecified atom stereocenters. The molecule has 0 radical (unpaired) electrons. The van der Waals surface area contributed by atoms with Gasteiger partial charge < -0.3 is 4.74 Å². The number of methoxy groups -OCH3 is 1. The zero-order valence-electron chi connectivity index (χ0n) is 9.78. The van der Waals surface area contributed by atoms with Crippen LogP contribution in [0.15, 0.2) is 30.3 Å². The molecule has 0 saturated heterocycles. The van der Waals surface area contributed by atoms with Crippen LogP contribution < -0.4 is 0 Å². The van der Waals surface area contributed by atoms with E-state index < -0.39 is 5.97 Å². The van der Waals surface area contributed by atoms with E-state index in [0.717, 1.165) is 0 Å². The minimum atomic E-state index is -0.516. The van der Waals surface area contributed by atoms with Crippen LogP contribution in [0.2, 0.25) is 15.1 Å². The molecule has 98 valence electrons. The van der Waals surface area contributed by atoms with Crippen molar-refractivity contribution < 1.29 is 9.53 Å². The lowest BCUT2D eigenvalue weighted by atomic mass is 10.1. The van der Waals surface area contributed by atoms with E-state index in [-0.39, 0.29) is 5.69 Å². The van der Waals surface area contributed by atoms with Gasteiger partial charge in [0.2, 0.25) is 0 Å². The maximum Gasteiger partial charge on any atom is 0.356 e. The molecule has 0 aliphatic heterocycles. The van der Waals surface area contributed by atoms with E-state index in [1.807, 2.05) is 0 Å². The minimum Gasteiger partial charge on any atom is -0.464 e. The number of rotatable bonds is 2. The van der Waals surface area contributed by atoms with Gasteiger partial charge in [0.25, 0.3) is 0 Å². The number of benzene rings is 1. The lowest BCUT2D eigenvalue weighted by Crippen LogP contribution is -2.04. The van der Waals surface area contributed by atoms with E-state index in [4.69, 9.17) is 34.8 Å². The molecule has 1 aromatic carbocycles. The van der Waals surface area contributed by atoms with E-state index in [2.05, 4.69) is 9.72 Å². The number of halogens is 3. The van der Waals surface area contributed by atoms with Crippen LogP contribution in [0.4, 0.5) is 0 Å². The Hall–Kier alpha value is -1.29. The summed E-state index contributed by atoms with van der Waals surface area (Å²) in [5, 5.41) is 1.13. The molecule has 6 heteroatoms. The number of hydrogen-bond donors (Lipinski definition) is 0. The SMILES string of the molecule is COC(=O)c1cccc(-c2cc(Cl)c(Cl)cc2Cl)n1. The Bertz CT molecular complexity index is 644. The highest BCUT2D eigenvalue weighted by Gasteiger charge is 2.12. The van der Waals surface area contributed by atoms with Crippen LogP contribution in [-0.4, -0.2) is 18.1 Å². The van der Waals surface area contributed by atoms with Crippen molar-refractivity contribution in [1.82, 2.24) is 4.98 Å². The summed E-state index contributed by atoms with van der Waals surface area (Å²) in [6, 6.07) is 8.11. The topological polar surface area (TPSA) is 39.2 Å². The number of carbonyl (C=O) groups is 1. The second-order valence-electron chi connectivity index (χ2n) is 3.65. The third-order valence-corrected chi connectivity index (χ3v) is 3.46. The summed E-state index contributed by atoms with van der Waals surface area (Å²) in [5.41, 5.74) is 1.32. The second-order valence-corrected chi connectivity index (χ2v) is 4.87. The second kappa shape index (κ2) is 5.78. The Labute approximate surface area is 125 Å². The van der Waals surface area contributed by atoms with Gasteiger partial charge in [-0.05, 0) is 24.3 Å². The van der Waals surface area contributed by atoms with Crippen LogP contribution >= 0.6 is 34.8 Å². The molecule has 0 aliphatic rings. The van der Waals surface area contributed by atoms with Crippen LogP contribution in [0.25, 0.3) is 11.3 Å². The summed E-state index contributed by atoms with van der Waals surface area (Å²) in [6.07, 6.45) is 0. The summed E-state index contributed by atoms with van der Waals surface area (Å²) in [4.78, 5) is 15.6. The molecule has 0 saturated carbocycles. The maximum atomic E-state index is 11.4. The summed E-state index contributed by atoms with van der Waals surface area (Å²) in [5.74, 6) is -0.516. The van der Waals surface area contributed by atoms with Gasteiger partial charge in [0.1, 0.15) is 5.69 Å². The van der Waals surface area contributed by atoms with Gasteiger partial charge in [-0.3, -0.25) is 0 Å². The Balaban J connectivity index is 2.53. The van der Waals surface area contributed by atoms with Gasteiger partial charge >= 0.3 is 5.97 Å². The van der Waals surface area contributed by atoms with E-state index in [1.54, 1.807) is 24.3 Å². The zero-order valence-corrected chi connectivity index (χ0v) is 12.1. The fourth-order valence-corrected chi connectivity index (χ4v) is 2.17. The van der Waals surface area contributed by atoms with Crippen molar-refractivity contribution in [2.75, 3.05) is 7.11 Å². The highest BCUT2D eigenvalue weighted by atomic mass is 35.5. The van der Waals surface area contributed by atoms with Crippen molar-refractivity contribution >= 4 is 40.8 Å². The van der Waals surface area contributed by atoms with Crippen LogP contribution in [0.1, 0.15) is 10.5 Å². The van der Waals surface area contributed by atoms with Crippen LogP contribution in [0, 0.1) is 0 Å². The van der Waals surface area contributed by atoms with Gasteiger partial charge in [0.05, 0.1) is 27.9 Å². The van der Waals surface area contributed by atoms with Gasteiger partial charge in [-0.25, -0.2) is 9.78 Å². The molecular formula is C13H8Cl3NO2. The fourth-order valence-electron chi connectivity index (χ4n) is 1.52. The van der Waals surface area contributed by atoms with Gasteiger partial charge in [-0.1, -0.05) is 40.9 Å². The molecule has 0 amide bonds. The highest BCUT2D eigenvalue weighted by molar-refractivity contribution is 6.44. The van der Waals surface area contributed by atoms with Crippen molar-refractivity contribution in [3.63, 3.8) is 0 Å². The van der Waals surface area contributed by atoms with Gasteiger partial charge in [-0.2, -0.15) is 0 Å². The number of carbonyl (C=O) groups excluding carboxylic acids is 1. The molecule has 0 atom stereocenters. The number of ether oxygens (including phenoxy) is 1. The first-order valence-corrected chi connectivity index (χ1v) is 6.36. The van der Waals surface area contributed by atoms with Crippen molar-refractivity contribution in [3.8, 4) is 11.3 Å². The molecule has 2 aromatic rings. The molecule has 1 heterocycles. The van der Waals surface area contributed by atoms with Crippen LogP contribution in [0.3, 0.4) is 0 Å². The molecule has 0 N–H and O–H groups in total. The lowest BCUT2D eigenvalue weighted by Gasteiger charge is -2.07. The normalized spacial score (nSPS) is 10.3. The molecule has 0 bridgehead atoms. The number of nitrogens with zero attached hydrogens (tertiary/aromatic N) is 1. The maximum absolute atomic E-state index is 11.4. The van der Waals surface area contributed by atoms with E-state index in [1.165, 1.54) is 13.2 Å². The van der Waals surface area contributed by atoms with Gasteiger partial charge in [0.15, 0.2) is 0 Å². The monoisotopic (exact) mass is 315 g/mol. The predicted octanol–water partition coefficient (Wildman–Crippen LogP) is 4.50. The first-order chi connectivity index (χ1) is 9.02. The number of aromatic nitrogens is 1. The molecule has 1 aromatic heterocycles. The van der Waals surface area contributed by atoms with Crippen molar-refractivity contribution in [1.29, 1.82) is 0 Å². The summed E-state index contributed by atoms with van der Waals surface area (Å²) >= 11 is 17.9. The number of esters is 1.